The highest BCUT2D eigenvalue weighted by molar-refractivity contribution is 7.92. The third-order valence-corrected chi connectivity index (χ3v) is 7.90. The molecule has 0 amide bonds. The number of anilines is 2. The van der Waals surface area contributed by atoms with Crippen LogP contribution in [0.2, 0.25) is 0 Å². The lowest BCUT2D eigenvalue weighted by Gasteiger charge is -2.37. The number of hydrogen-bond acceptors (Lipinski definition) is 6. The predicted octanol–water partition coefficient (Wildman–Crippen LogP) is 5.62. The highest BCUT2D eigenvalue weighted by Crippen LogP contribution is 2.50. The molecule has 0 aromatic heterocycles. The largest absolute Gasteiger partial charge is 0.494 e. The highest BCUT2D eigenvalue weighted by Gasteiger charge is 2.38. The van der Waals surface area contributed by atoms with Crippen molar-refractivity contribution in [2.75, 3.05) is 16.6 Å². The van der Waals surface area contributed by atoms with Crippen LogP contribution in [-0.4, -0.2) is 19.9 Å². The molecule has 9 heteroatoms. The third-order valence-electron chi connectivity index (χ3n) is 6.53. The van der Waals surface area contributed by atoms with Crippen LogP contribution < -0.4 is 14.8 Å². The van der Waals surface area contributed by atoms with Crippen LogP contribution in [0.25, 0.3) is 0 Å². The summed E-state index contributed by atoms with van der Waals surface area (Å²) in [4.78, 5) is 10.8. The van der Waals surface area contributed by atoms with Crippen molar-refractivity contribution in [3.05, 3.63) is 100 Å². The molecule has 3 aromatic carbocycles. The van der Waals surface area contributed by atoms with E-state index in [-0.39, 0.29) is 28.5 Å². The number of hydrogen-bond donors (Lipinski definition) is 2. The minimum absolute atomic E-state index is 0.0345. The van der Waals surface area contributed by atoms with E-state index in [2.05, 4.69) is 22.2 Å². The van der Waals surface area contributed by atoms with E-state index in [0.717, 1.165) is 23.2 Å². The van der Waals surface area contributed by atoms with Gasteiger partial charge < -0.3 is 10.1 Å². The average Bonchev–Trinajstić information content (AvgIpc) is 3.35. The van der Waals surface area contributed by atoms with Gasteiger partial charge in [0, 0.05) is 29.4 Å². The normalized spacial score (nSPS) is 20.4. The first kappa shape index (κ1) is 22.9. The first-order valence-corrected chi connectivity index (χ1v) is 12.9. The standard InChI is InChI=1S/C26H25N3O5S/c1-2-34-20-12-8-18(9-13-20)28-35(32,33)21-14-15-25-24(16-21)22-4-3-5-23(22)26(27-25)17-6-10-19(11-7-17)29(30)31/h3-4,6-16,22-23,26-28H,2,5H2,1H3/t22-,23-,26-/m1/s1. The molecule has 0 saturated carbocycles. The van der Waals surface area contributed by atoms with E-state index < -0.39 is 14.9 Å². The zero-order valence-corrected chi connectivity index (χ0v) is 19.9. The lowest BCUT2D eigenvalue weighted by molar-refractivity contribution is -0.384. The van der Waals surface area contributed by atoms with Gasteiger partial charge >= 0.3 is 0 Å². The van der Waals surface area contributed by atoms with E-state index in [1.807, 2.05) is 6.92 Å². The molecule has 2 N–H and O–H groups in total. The zero-order valence-electron chi connectivity index (χ0n) is 19.0. The number of nitrogens with one attached hydrogen (secondary N) is 2. The summed E-state index contributed by atoms with van der Waals surface area (Å²) in [6.07, 6.45) is 5.07. The fraction of sp³-hybridized carbons (Fsp3) is 0.231. The molecule has 0 radical (unpaired) electrons. The summed E-state index contributed by atoms with van der Waals surface area (Å²) in [5.41, 5.74) is 3.27. The molecule has 0 unspecified atom stereocenters. The summed E-state index contributed by atoms with van der Waals surface area (Å²) in [6, 6.07) is 18.5. The Morgan fingerprint density at radius 2 is 1.83 bits per heavy atom. The summed E-state index contributed by atoms with van der Waals surface area (Å²) < 4.78 is 34.3. The third kappa shape index (κ3) is 4.46. The van der Waals surface area contributed by atoms with Gasteiger partial charge in [0.1, 0.15) is 5.75 Å². The number of non-ortho nitro benzene ring substituents is 1. The van der Waals surface area contributed by atoms with Gasteiger partial charge in [-0.15, -0.1) is 0 Å². The topological polar surface area (TPSA) is 111 Å². The van der Waals surface area contributed by atoms with Crippen molar-refractivity contribution in [3.63, 3.8) is 0 Å². The second kappa shape index (κ2) is 9.07. The molecule has 0 saturated heterocycles. The number of ether oxygens (including phenoxy) is 1. The summed E-state index contributed by atoms with van der Waals surface area (Å²) >= 11 is 0. The summed E-state index contributed by atoms with van der Waals surface area (Å²) in [6.45, 7) is 2.43. The minimum atomic E-state index is -3.79. The molecule has 35 heavy (non-hydrogen) atoms. The SMILES string of the molecule is CCOc1ccc(NS(=O)(=O)c2ccc3c(c2)[C@@H]2C=CC[C@H]2[C@@H](c2ccc([N+](=O)[O-])cc2)N3)cc1. The fourth-order valence-electron chi connectivity index (χ4n) is 4.87. The van der Waals surface area contributed by atoms with Gasteiger partial charge in [-0.2, -0.15) is 0 Å². The molecule has 0 spiro atoms. The summed E-state index contributed by atoms with van der Waals surface area (Å²) in [7, 11) is -3.79. The quantitative estimate of drug-likeness (QED) is 0.252. The number of nitro groups is 1. The fourth-order valence-corrected chi connectivity index (χ4v) is 5.97. The average molecular weight is 492 g/mol. The van der Waals surface area contributed by atoms with Crippen LogP contribution in [0.5, 0.6) is 5.75 Å². The van der Waals surface area contributed by atoms with Crippen LogP contribution in [0.4, 0.5) is 17.1 Å². The highest BCUT2D eigenvalue weighted by atomic mass is 32.2. The van der Waals surface area contributed by atoms with Crippen molar-refractivity contribution >= 4 is 27.1 Å². The van der Waals surface area contributed by atoms with Crippen LogP contribution in [0.15, 0.2) is 83.8 Å². The van der Waals surface area contributed by atoms with E-state index in [4.69, 9.17) is 4.74 Å². The van der Waals surface area contributed by atoms with E-state index in [9.17, 15) is 18.5 Å². The van der Waals surface area contributed by atoms with Crippen LogP contribution in [0.3, 0.4) is 0 Å². The van der Waals surface area contributed by atoms with Crippen LogP contribution in [-0.2, 0) is 10.0 Å². The number of allylic oxidation sites excluding steroid dienone is 2. The van der Waals surface area contributed by atoms with Gasteiger partial charge in [0.2, 0.25) is 0 Å². The predicted molar refractivity (Wildman–Crippen MR) is 134 cm³/mol. The Morgan fingerprint density at radius 1 is 1.09 bits per heavy atom. The van der Waals surface area contributed by atoms with Gasteiger partial charge in [0.15, 0.2) is 0 Å². The molecule has 3 atom stereocenters. The second-order valence-corrected chi connectivity index (χ2v) is 10.3. The van der Waals surface area contributed by atoms with E-state index in [0.29, 0.717) is 18.0 Å². The molecular formula is C26H25N3O5S. The molecule has 8 nitrogen and oxygen atoms in total. The lowest BCUT2D eigenvalue weighted by atomic mass is 9.77. The molecule has 180 valence electrons. The van der Waals surface area contributed by atoms with Crippen LogP contribution in [0.1, 0.15) is 36.4 Å². The Bertz CT molecular complexity index is 1390. The van der Waals surface area contributed by atoms with Crippen molar-refractivity contribution in [1.29, 1.82) is 0 Å². The monoisotopic (exact) mass is 491 g/mol. The Morgan fingerprint density at radius 3 is 2.51 bits per heavy atom. The minimum Gasteiger partial charge on any atom is -0.494 e. The Balaban J connectivity index is 1.42. The van der Waals surface area contributed by atoms with Crippen LogP contribution in [0, 0.1) is 16.0 Å². The maximum absolute atomic E-state index is 13.1. The van der Waals surface area contributed by atoms with E-state index in [1.165, 1.54) is 12.1 Å². The van der Waals surface area contributed by atoms with Crippen molar-refractivity contribution in [2.24, 2.45) is 5.92 Å². The van der Waals surface area contributed by atoms with Crippen molar-refractivity contribution in [1.82, 2.24) is 0 Å². The first-order valence-electron chi connectivity index (χ1n) is 11.4. The number of fused-ring (bicyclic) bond motifs is 3. The molecule has 0 bridgehead atoms. The number of rotatable bonds is 7. The molecule has 3 aromatic rings. The lowest BCUT2D eigenvalue weighted by Crippen LogP contribution is -2.29. The van der Waals surface area contributed by atoms with Gasteiger partial charge in [-0.1, -0.05) is 24.3 Å². The summed E-state index contributed by atoms with van der Waals surface area (Å²) in [5, 5.41) is 14.6. The molecule has 0 fully saturated rings. The zero-order chi connectivity index (χ0) is 24.6. The molecule has 1 heterocycles. The van der Waals surface area contributed by atoms with Gasteiger partial charge in [-0.3, -0.25) is 14.8 Å². The van der Waals surface area contributed by atoms with Gasteiger partial charge in [0.05, 0.1) is 22.5 Å². The Labute approximate surface area is 203 Å². The van der Waals surface area contributed by atoms with Gasteiger partial charge in [-0.05, 0) is 72.9 Å². The Hall–Kier alpha value is -3.85. The number of nitrogens with zero attached hydrogens (tertiary/aromatic N) is 1. The van der Waals surface area contributed by atoms with Crippen molar-refractivity contribution in [2.45, 2.75) is 30.2 Å². The van der Waals surface area contributed by atoms with Crippen molar-refractivity contribution in [3.8, 4) is 5.75 Å². The van der Waals surface area contributed by atoms with Crippen LogP contribution >= 0.6 is 0 Å². The molecule has 1 aliphatic carbocycles. The maximum atomic E-state index is 13.1. The molecular weight excluding hydrogens is 466 g/mol. The molecule has 1 aliphatic heterocycles. The second-order valence-electron chi connectivity index (χ2n) is 8.64. The van der Waals surface area contributed by atoms with E-state index >= 15 is 0 Å². The first-order chi connectivity index (χ1) is 16.9. The summed E-state index contributed by atoms with van der Waals surface area (Å²) in [5.74, 6) is 0.907. The number of sulfonamides is 1. The maximum Gasteiger partial charge on any atom is 0.269 e. The van der Waals surface area contributed by atoms with Gasteiger partial charge in [-0.25, -0.2) is 8.42 Å². The number of benzene rings is 3. The Kier molecular flexibility index (Phi) is 5.94. The smallest absolute Gasteiger partial charge is 0.269 e. The molecule has 5 rings (SSSR count). The van der Waals surface area contributed by atoms with E-state index in [1.54, 1.807) is 54.6 Å². The number of nitro benzene ring substituents is 1. The van der Waals surface area contributed by atoms with Crippen molar-refractivity contribution < 1.29 is 18.1 Å². The van der Waals surface area contributed by atoms with Gasteiger partial charge in [0.25, 0.3) is 15.7 Å². The molecule has 2 aliphatic rings.